The van der Waals surface area contributed by atoms with E-state index in [9.17, 15) is 14.4 Å². The predicted octanol–water partition coefficient (Wildman–Crippen LogP) is 2.19. The molecule has 0 saturated carbocycles. The fourth-order valence-corrected chi connectivity index (χ4v) is 2.90. The van der Waals surface area contributed by atoms with E-state index in [1.165, 1.54) is 0 Å². The second-order valence-corrected chi connectivity index (χ2v) is 7.75. The van der Waals surface area contributed by atoms with Gasteiger partial charge in [-0.25, -0.2) is 4.79 Å². The maximum Gasteiger partial charge on any atom is 0.408 e. The summed E-state index contributed by atoms with van der Waals surface area (Å²) in [7, 11) is 0. The number of nitrogens with one attached hydrogen (secondary N) is 1. The molecule has 7 nitrogen and oxygen atoms in total. The van der Waals surface area contributed by atoms with E-state index < -0.39 is 11.7 Å². The van der Waals surface area contributed by atoms with Crippen LogP contribution in [-0.4, -0.2) is 66.0 Å². The molecule has 7 heteroatoms. The molecule has 3 amide bonds. The summed E-state index contributed by atoms with van der Waals surface area (Å²) < 4.78 is 5.13. The lowest BCUT2D eigenvalue weighted by Gasteiger charge is -2.23. The zero-order valence-corrected chi connectivity index (χ0v) is 16.6. The van der Waals surface area contributed by atoms with Crippen LogP contribution in [0.1, 0.15) is 43.1 Å². The molecule has 1 aromatic rings. The molecule has 0 aliphatic carbocycles. The molecule has 0 spiro atoms. The molecule has 0 unspecified atom stereocenters. The molecular weight excluding hydrogens is 346 g/mol. The van der Waals surface area contributed by atoms with Crippen molar-refractivity contribution in [2.24, 2.45) is 0 Å². The van der Waals surface area contributed by atoms with Gasteiger partial charge in [0.05, 0.1) is 0 Å². The Hall–Kier alpha value is -2.57. The molecular formula is C20H29N3O4. The Morgan fingerprint density at radius 1 is 1.07 bits per heavy atom. The van der Waals surface area contributed by atoms with Gasteiger partial charge in [-0.15, -0.1) is 0 Å². The van der Waals surface area contributed by atoms with Gasteiger partial charge in [-0.05, 0) is 46.2 Å². The van der Waals surface area contributed by atoms with Crippen LogP contribution in [0.5, 0.6) is 0 Å². The van der Waals surface area contributed by atoms with Crippen LogP contribution >= 0.6 is 0 Å². The SMILES string of the molecule is Cc1cccc(C(=O)N2CCCN(C(=O)CNC(=O)OC(C)(C)C)CC2)c1. The molecule has 1 N–H and O–H groups in total. The maximum absolute atomic E-state index is 12.7. The largest absolute Gasteiger partial charge is 0.444 e. The van der Waals surface area contributed by atoms with E-state index in [4.69, 9.17) is 4.74 Å². The minimum Gasteiger partial charge on any atom is -0.444 e. The van der Waals surface area contributed by atoms with Crippen LogP contribution in [0.25, 0.3) is 0 Å². The highest BCUT2D eigenvalue weighted by Crippen LogP contribution is 2.11. The van der Waals surface area contributed by atoms with E-state index in [1.54, 1.807) is 30.6 Å². The number of nitrogens with zero attached hydrogens (tertiary/aromatic N) is 2. The third-order valence-electron chi connectivity index (χ3n) is 4.18. The lowest BCUT2D eigenvalue weighted by atomic mass is 10.1. The zero-order valence-electron chi connectivity index (χ0n) is 16.6. The second kappa shape index (κ2) is 8.88. The number of carbonyl (C=O) groups is 3. The first-order valence-electron chi connectivity index (χ1n) is 9.26. The number of amides is 3. The van der Waals surface area contributed by atoms with E-state index >= 15 is 0 Å². The third-order valence-corrected chi connectivity index (χ3v) is 4.18. The highest BCUT2D eigenvalue weighted by Gasteiger charge is 2.23. The van der Waals surface area contributed by atoms with Crippen LogP contribution < -0.4 is 5.32 Å². The summed E-state index contributed by atoms with van der Waals surface area (Å²) in [5.41, 5.74) is 1.11. The van der Waals surface area contributed by atoms with Gasteiger partial charge in [-0.3, -0.25) is 9.59 Å². The number of ether oxygens (including phenoxy) is 1. The highest BCUT2D eigenvalue weighted by molar-refractivity contribution is 5.94. The lowest BCUT2D eigenvalue weighted by molar-refractivity contribution is -0.130. The van der Waals surface area contributed by atoms with E-state index in [0.29, 0.717) is 38.2 Å². The fraction of sp³-hybridized carbons (Fsp3) is 0.550. The molecule has 1 aliphatic heterocycles. The second-order valence-electron chi connectivity index (χ2n) is 7.75. The van der Waals surface area contributed by atoms with Crippen molar-refractivity contribution in [2.75, 3.05) is 32.7 Å². The molecule has 1 saturated heterocycles. The molecule has 1 aromatic carbocycles. The number of alkyl carbamates (subject to hydrolysis) is 1. The molecule has 1 heterocycles. The predicted molar refractivity (Wildman–Crippen MR) is 103 cm³/mol. The number of aryl methyl sites for hydroxylation is 1. The Kier molecular flexibility index (Phi) is 6.82. The Bertz CT molecular complexity index is 697. The van der Waals surface area contributed by atoms with Crippen LogP contribution in [0, 0.1) is 6.92 Å². The number of hydrogen-bond acceptors (Lipinski definition) is 4. The van der Waals surface area contributed by atoms with E-state index in [0.717, 1.165) is 5.56 Å². The monoisotopic (exact) mass is 375 g/mol. The standard InChI is InChI=1S/C20H29N3O4/c1-15-7-5-8-16(13-15)18(25)23-10-6-9-22(11-12-23)17(24)14-21-19(26)27-20(2,3)4/h5,7-8,13H,6,9-12,14H2,1-4H3,(H,21,26). The Balaban J connectivity index is 1.86. The summed E-state index contributed by atoms with van der Waals surface area (Å²) in [6.07, 6.45) is 0.0948. The Morgan fingerprint density at radius 3 is 2.41 bits per heavy atom. The highest BCUT2D eigenvalue weighted by atomic mass is 16.6. The minimum absolute atomic E-state index is 0.0140. The first-order chi connectivity index (χ1) is 12.7. The molecule has 0 aromatic heterocycles. The molecule has 0 radical (unpaired) electrons. The van der Waals surface area contributed by atoms with Crippen molar-refractivity contribution in [2.45, 2.75) is 39.7 Å². The fourth-order valence-electron chi connectivity index (χ4n) is 2.90. The quantitative estimate of drug-likeness (QED) is 0.878. The first kappa shape index (κ1) is 20.7. The summed E-state index contributed by atoms with van der Waals surface area (Å²) >= 11 is 0. The maximum atomic E-state index is 12.7. The lowest BCUT2D eigenvalue weighted by Crippen LogP contribution is -2.43. The summed E-state index contributed by atoms with van der Waals surface area (Å²) in [5, 5.41) is 2.49. The average molecular weight is 375 g/mol. The van der Waals surface area contributed by atoms with Crippen molar-refractivity contribution in [1.29, 1.82) is 0 Å². The number of carbonyl (C=O) groups excluding carboxylic acids is 3. The van der Waals surface area contributed by atoms with Gasteiger partial charge in [-0.2, -0.15) is 0 Å². The minimum atomic E-state index is -0.609. The molecule has 2 rings (SSSR count). The summed E-state index contributed by atoms with van der Waals surface area (Å²) in [6.45, 7) is 9.24. The van der Waals surface area contributed by atoms with Crippen molar-refractivity contribution >= 4 is 17.9 Å². The van der Waals surface area contributed by atoms with Gasteiger partial charge < -0.3 is 19.9 Å². The van der Waals surface area contributed by atoms with Crippen molar-refractivity contribution in [3.05, 3.63) is 35.4 Å². The molecule has 1 fully saturated rings. The van der Waals surface area contributed by atoms with Crippen LogP contribution in [0.15, 0.2) is 24.3 Å². The van der Waals surface area contributed by atoms with Gasteiger partial charge in [0.1, 0.15) is 12.1 Å². The normalized spacial score (nSPS) is 15.1. The molecule has 27 heavy (non-hydrogen) atoms. The summed E-state index contributed by atoms with van der Waals surface area (Å²) in [4.78, 5) is 40.2. The van der Waals surface area contributed by atoms with Crippen LogP contribution in [0.4, 0.5) is 4.79 Å². The Morgan fingerprint density at radius 2 is 1.74 bits per heavy atom. The molecule has 0 bridgehead atoms. The van der Waals surface area contributed by atoms with Crippen molar-refractivity contribution < 1.29 is 19.1 Å². The van der Waals surface area contributed by atoms with Crippen LogP contribution in [-0.2, 0) is 9.53 Å². The first-order valence-corrected chi connectivity index (χ1v) is 9.26. The van der Waals surface area contributed by atoms with E-state index in [-0.39, 0.29) is 18.4 Å². The van der Waals surface area contributed by atoms with Crippen molar-refractivity contribution in [1.82, 2.24) is 15.1 Å². The summed E-state index contributed by atoms with van der Waals surface area (Å²) in [5.74, 6) is -0.189. The van der Waals surface area contributed by atoms with Crippen molar-refractivity contribution in [3.8, 4) is 0 Å². The van der Waals surface area contributed by atoms with Crippen LogP contribution in [0.3, 0.4) is 0 Å². The zero-order chi connectivity index (χ0) is 20.0. The summed E-state index contributed by atoms with van der Waals surface area (Å²) in [6, 6.07) is 7.52. The van der Waals surface area contributed by atoms with Crippen LogP contribution in [0.2, 0.25) is 0 Å². The van der Waals surface area contributed by atoms with E-state index in [2.05, 4.69) is 5.32 Å². The van der Waals surface area contributed by atoms with Gasteiger partial charge >= 0.3 is 6.09 Å². The smallest absolute Gasteiger partial charge is 0.408 e. The molecule has 1 aliphatic rings. The number of rotatable bonds is 3. The molecule has 148 valence electrons. The van der Waals surface area contributed by atoms with E-state index in [1.807, 2.05) is 31.2 Å². The number of hydrogen-bond donors (Lipinski definition) is 1. The van der Waals surface area contributed by atoms with Gasteiger partial charge in [0.2, 0.25) is 5.91 Å². The molecule has 0 atom stereocenters. The van der Waals surface area contributed by atoms with Gasteiger partial charge in [-0.1, -0.05) is 17.7 Å². The topological polar surface area (TPSA) is 79.0 Å². The Labute approximate surface area is 160 Å². The number of benzene rings is 1. The third kappa shape index (κ3) is 6.58. The van der Waals surface area contributed by atoms with Gasteiger partial charge in [0.15, 0.2) is 0 Å². The average Bonchev–Trinajstić information content (AvgIpc) is 2.83. The van der Waals surface area contributed by atoms with Gasteiger partial charge in [0, 0.05) is 31.7 Å². The van der Waals surface area contributed by atoms with Crippen molar-refractivity contribution in [3.63, 3.8) is 0 Å². The van der Waals surface area contributed by atoms with Gasteiger partial charge in [0.25, 0.3) is 5.91 Å².